The zero-order valence-electron chi connectivity index (χ0n) is 27.6. The first-order valence-corrected chi connectivity index (χ1v) is 16.7. The minimum atomic E-state index is -1.53. The largest absolute Gasteiger partial charge is 0.389 e. The average Bonchev–Trinajstić information content (AvgIpc) is 3.12. The normalized spacial score (nSPS) is 27.1. The third-order valence-corrected chi connectivity index (χ3v) is 8.21. The fraction of sp³-hybridized carbons (Fsp3) is 0.647. The molecule has 2 saturated heterocycles. The van der Waals surface area contributed by atoms with Gasteiger partial charge in [-0.3, -0.25) is 4.90 Å². The molecule has 4 rings (SSSR count). The van der Waals surface area contributed by atoms with E-state index in [0.717, 1.165) is 0 Å². The Balaban J connectivity index is 1.35. The van der Waals surface area contributed by atoms with Crippen LogP contribution in [0.3, 0.4) is 0 Å². The lowest BCUT2D eigenvalue weighted by atomic mass is 9.99. The van der Waals surface area contributed by atoms with E-state index in [4.69, 9.17) is 38.9 Å². The van der Waals surface area contributed by atoms with E-state index in [2.05, 4.69) is 0 Å². The Bertz CT molecular complexity index is 1080. The highest BCUT2D eigenvalue weighted by Crippen LogP contribution is 2.30. The van der Waals surface area contributed by atoms with Gasteiger partial charge in [0.1, 0.15) is 36.6 Å². The molecule has 0 saturated carbocycles. The van der Waals surface area contributed by atoms with Crippen molar-refractivity contribution in [1.29, 1.82) is 0 Å². The number of hydrogen-bond donors (Lipinski definition) is 7. The maximum Gasteiger partial charge on any atom is 0.184 e. The van der Waals surface area contributed by atoms with E-state index in [1.54, 1.807) is 29.2 Å². The predicted molar refractivity (Wildman–Crippen MR) is 174 cm³/mol. The first-order chi connectivity index (χ1) is 23.8. The third-order valence-electron chi connectivity index (χ3n) is 8.21. The van der Waals surface area contributed by atoms with E-state index in [-0.39, 0.29) is 46.1 Å². The van der Waals surface area contributed by atoms with Gasteiger partial charge in [-0.15, -0.1) is 0 Å². The van der Waals surface area contributed by atoms with Crippen LogP contribution >= 0.6 is 0 Å². The molecule has 6 unspecified atom stereocenters. The van der Waals surface area contributed by atoms with Gasteiger partial charge in [-0.1, -0.05) is 60.7 Å². The summed E-state index contributed by atoms with van der Waals surface area (Å²) >= 11 is 0. The fourth-order valence-electron chi connectivity index (χ4n) is 5.55. The van der Waals surface area contributed by atoms with Gasteiger partial charge in [0.05, 0.1) is 65.1 Å². The van der Waals surface area contributed by atoms with Gasteiger partial charge in [0.2, 0.25) is 0 Å². The highest BCUT2D eigenvalue weighted by Gasteiger charge is 2.42. The molecule has 0 aliphatic carbocycles. The molecule has 2 aliphatic heterocycles. The molecule has 0 radical (unpaired) electrons. The average molecular weight is 697 g/mol. The molecule has 2 aliphatic rings. The summed E-state index contributed by atoms with van der Waals surface area (Å²) in [5.41, 5.74) is 6.77. The molecular formula is C34H52N2O13. The molecular weight excluding hydrogens is 644 g/mol. The summed E-state index contributed by atoms with van der Waals surface area (Å²) in [6.07, 6.45) is -12.4. The van der Waals surface area contributed by atoms with Crippen molar-refractivity contribution in [2.24, 2.45) is 5.73 Å². The Labute approximate surface area is 286 Å². The molecule has 2 aromatic rings. The van der Waals surface area contributed by atoms with Gasteiger partial charge in [0.25, 0.3) is 0 Å². The number of benzene rings is 2. The van der Waals surface area contributed by atoms with Crippen LogP contribution in [-0.2, 0) is 33.2 Å². The Kier molecular flexibility index (Phi) is 17.2. The summed E-state index contributed by atoms with van der Waals surface area (Å²) in [5.74, 6) is 0. The van der Waals surface area contributed by atoms with Crippen LogP contribution in [0.4, 0.5) is 0 Å². The van der Waals surface area contributed by atoms with Crippen molar-refractivity contribution >= 4 is 0 Å². The number of aliphatic hydroxyl groups excluding tert-OH is 6. The SMILES string of the molecule is NCCOCCOCCOCCN(CC(O)C(O)[C@@H]1OC(c2ccccc2)OC[C@H]1O)CC(O)C(O)[C@@H]1OC(c2ccccc2)OC[C@H]1O. The molecule has 15 nitrogen and oxygen atoms in total. The van der Waals surface area contributed by atoms with E-state index < -0.39 is 61.4 Å². The number of aliphatic hydroxyl groups is 6. The number of nitrogens with two attached hydrogens (primary N) is 1. The molecule has 0 aromatic heterocycles. The topological polar surface area (TPSA) is 215 Å². The van der Waals surface area contributed by atoms with Crippen molar-refractivity contribution < 1.29 is 63.8 Å². The summed E-state index contributed by atoms with van der Waals surface area (Å²) in [7, 11) is 0. The van der Waals surface area contributed by atoms with Gasteiger partial charge in [-0.25, -0.2) is 0 Å². The van der Waals surface area contributed by atoms with Crippen LogP contribution in [0, 0.1) is 0 Å². The van der Waals surface area contributed by atoms with Crippen molar-refractivity contribution in [2.45, 2.75) is 61.4 Å². The molecule has 2 fully saturated rings. The second kappa shape index (κ2) is 21.3. The predicted octanol–water partition coefficient (Wildman–Crippen LogP) is -1.31. The maximum atomic E-state index is 11.1. The van der Waals surface area contributed by atoms with Crippen molar-refractivity contribution in [2.75, 3.05) is 79.0 Å². The van der Waals surface area contributed by atoms with Gasteiger partial charge in [-0.05, 0) is 0 Å². The fourth-order valence-corrected chi connectivity index (χ4v) is 5.55. The molecule has 0 spiro atoms. The van der Waals surface area contributed by atoms with Gasteiger partial charge in [0, 0.05) is 37.3 Å². The lowest BCUT2D eigenvalue weighted by Crippen LogP contribution is -2.56. The second-order valence-electron chi connectivity index (χ2n) is 12.0. The maximum absolute atomic E-state index is 11.1. The van der Waals surface area contributed by atoms with Gasteiger partial charge in [-0.2, -0.15) is 0 Å². The monoisotopic (exact) mass is 696 g/mol. The number of hydrogen-bond acceptors (Lipinski definition) is 15. The van der Waals surface area contributed by atoms with Gasteiger partial charge < -0.3 is 69.5 Å². The van der Waals surface area contributed by atoms with Crippen molar-refractivity contribution in [1.82, 2.24) is 4.90 Å². The van der Waals surface area contributed by atoms with Crippen LogP contribution in [0.15, 0.2) is 60.7 Å². The summed E-state index contributed by atoms with van der Waals surface area (Å²) in [5, 5.41) is 65.7. The standard InChI is InChI=1S/C34H52N2O13/c35-11-13-43-15-17-45-18-16-44-14-12-36(19-25(37)29(41)31-27(39)21-46-33(48-31)23-7-3-1-4-8-23)20-26(38)30(42)32-28(40)22-47-34(49-32)24-9-5-2-6-10-24/h1-10,25-34,37-42H,11-22,35H2/t25?,26?,27-,28-,29?,30?,31-,32-,33?,34?/m1/s1. The summed E-state index contributed by atoms with van der Waals surface area (Å²) in [6.45, 7) is 2.03. The number of nitrogens with zero attached hydrogens (tertiary/aromatic N) is 1. The summed E-state index contributed by atoms with van der Waals surface area (Å²) in [4.78, 5) is 1.60. The minimum absolute atomic E-state index is 0.116. The molecule has 2 aromatic carbocycles. The quantitative estimate of drug-likeness (QED) is 0.0755. The van der Waals surface area contributed by atoms with E-state index >= 15 is 0 Å². The van der Waals surface area contributed by atoms with Crippen LogP contribution in [0.2, 0.25) is 0 Å². The Morgan fingerprint density at radius 1 is 0.633 bits per heavy atom. The first kappa shape index (κ1) is 39.6. The minimum Gasteiger partial charge on any atom is -0.389 e. The van der Waals surface area contributed by atoms with Crippen molar-refractivity contribution in [3.8, 4) is 0 Å². The van der Waals surface area contributed by atoms with Crippen LogP contribution in [0.5, 0.6) is 0 Å². The van der Waals surface area contributed by atoms with Crippen molar-refractivity contribution in [3.05, 3.63) is 71.8 Å². The van der Waals surface area contributed by atoms with Crippen LogP contribution in [0.25, 0.3) is 0 Å². The van der Waals surface area contributed by atoms with Crippen LogP contribution in [-0.4, -0.2) is 163 Å². The highest BCUT2D eigenvalue weighted by atomic mass is 16.7. The lowest BCUT2D eigenvalue weighted by molar-refractivity contribution is -0.285. The Morgan fingerprint density at radius 2 is 1.04 bits per heavy atom. The number of rotatable bonds is 21. The molecule has 0 bridgehead atoms. The summed E-state index contributed by atoms with van der Waals surface area (Å²) < 4.78 is 39.4. The van der Waals surface area contributed by atoms with Gasteiger partial charge in [0.15, 0.2) is 12.6 Å². The molecule has 49 heavy (non-hydrogen) atoms. The Hall–Kier alpha value is -2.16. The molecule has 15 heteroatoms. The van der Waals surface area contributed by atoms with Crippen LogP contribution in [0.1, 0.15) is 23.7 Å². The van der Waals surface area contributed by atoms with E-state index in [9.17, 15) is 30.6 Å². The molecule has 8 N–H and O–H groups in total. The highest BCUT2D eigenvalue weighted by molar-refractivity contribution is 5.17. The number of ether oxygens (including phenoxy) is 7. The molecule has 276 valence electrons. The molecule has 2 heterocycles. The van der Waals surface area contributed by atoms with E-state index in [0.29, 0.717) is 44.1 Å². The lowest BCUT2D eigenvalue weighted by Gasteiger charge is -2.40. The van der Waals surface area contributed by atoms with Crippen molar-refractivity contribution in [3.63, 3.8) is 0 Å². The first-order valence-electron chi connectivity index (χ1n) is 16.7. The second-order valence-corrected chi connectivity index (χ2v) is 12.0. The zero-order valence-corrected chi connectivity index (χ0v) is 27.6. The third kappa shape index (κ3) is 12.5. The summed E-state index contributed by atoms with van der Waals surface area (Å²) in [6, 6.07) is 18.1. The molecule has 10 atom stereocenters. The zero-order chi connectivity index (χ0) is 35.0. The Morgan fingerprint density at radius 3 is 1.47 bits per heavy atom. The van der Waals surface area contributed by atoms with Crippen LogP contribution < -0.4 is 5.73 Å². The smallest absolute Gasteiger partial charge is 0.184 e. The van der Waals surface area contributed by atoms with Gasteiger partial charge >= 0.3 is 0 Å². The van der Waals surface area contributed by atoms with E-state index in [1.165, 1.54) is 0 Å². The van der Waals surface area contributed by atoms with E-state index in [1.807, 2.05) is 36.4 Å². The molecule has 0 amide bonds.